The average Bonchev–Trinajstić information content (AvgIpc) is 2.53. The van der Waals surface area contributed by atoms with E-state index in [2.05, 4.69) is 5.32 Å². The van der Waals surface area contributed by atoms with Gasteiger partial charge in [0.15, 0.2) is 0 Å². The van der Waals surface area contributed by atoms with Crippen LogP contribution in [0.15, 0.2) is 0 Å². The summed E-state index contributed by atoms with van der Waals surface area (Å²) in [6, 6.07) is 0. The van der Waals surface area contributed by atoms with Gasteiger partial charge in [-0.15, -0.1) is 0 Å². The zero-order valence-corrected chi connectivity index (χ0v) is 7.62. The Kier molecular flexibility index (Phi) is 2.04. The summed E-state index contributed by atoms with van der Waals surface area (Å²) in [6.45, 7) is 1.71. The number of carboxylic acid groups (broad SMARTS) is 1. The molecular formula is C9H16N2O2. The van der Waals surface area contributed by atoms with Gasteiger partial charge in [0.05, 0.1) is 0 Å². The molecular weight excluding hydrogens is 168 g/mol. The van der Waals surface area contributed by atoms with Gasteiger partial charge in [0.25, 0.3) is 0 Å². The van der Waals surface area contributed by atoms with Crippen molar-refractivity contribution in [1.29, 1.82) is 0 Å². The van der Waals surface area contributed by atoms with Gasteiger partial charge in [0.1, 0.15) is 5.54 Å². The van der Waals surface area contributed by atoms with Gasteiger partial charge in [0, 0.05) is 12.5 Å². The highest BCUT2D eigenvalue weighted by molar-refractivity contribution is 5.79. The second-order valence-corrected chi connectivity index (χ2v) is 4.26. The van der Waals surface area contributed by atoms with Crippen LogP contribution in [0.3, 0.4) is 0 Å². The lowest BCUT2D eigenvalue weighted by Crippen LogP contribution is -2.58. The van der Waals surface area contributed by atoms with E-state index in [4.69, 9.17) is 10.8 Å². The fourth-order valence-corrected chi connectivity index (χ4v) is 2.75. The van der Waals surface area contributed by atoms with Crippen LogP contribution in [0.2, 0.25) is 0 Å². The van der Waals surface area contributed by atoms with E-state index in [0.717, 1.165) is 25.9 Å². The van der Waals surface area contributed by atoms with E-state index in [0.29, 0.717) is 12.3 Å². The molecule has 4 heteroatoms. The number of nitrogens with two attached hydrogens (primary N) is 1. The predicted octanol–water partition coefficient (Wildman–Crippen LogP) is -0.212. The highest BCUT2D eigenvalue weighted by atomic mass is 16.4. The summed E-state index contributed by atoms with van der Waals surface area (Å²) in [5.41, 5.74) is 4.98. The van der Waals surface area contributed by atoms with Crippen LogP contribution in [0.4, 0.5) is 0 Å². The van der Waals surface area contributed by atoms with Gasteiger partial charge in [-0.2, -0.15) is 0 Å². The van der Waals surface area contributed by atoms with Crippen LogP contribution in [0.5, 0.6) is 0 Å². The van der Waals surface area contributed by atoms with Crippen LogP contribution in [-0.2, 0) is 4.79 Å². The zero-order valence-electron chi connectivity index (χ0n) is 7.62. The molecule has 0 aromatic heterocycles. The fraction of sp³-hybridized carbons (Fsp3) is 0.889. The first-order chi connectivity index (χ1) is 6.14. The van der Waals surface area contributed by atoms with E-state index in [1.54, 1.807) is 0 Å². The van der Waals surface area contributed by atoms with Gasteiger partial charge < -0.3 is 16.2 Å². The lowest BCUT2D eigenvalue weighted by molar-refractivity contribution is -0.147. The monoisotopic (exact) mass is 184 g/mol. The van der Waals surface area contributed by atoms with Crippen molar-refractivity contribution in [3.05, 3.63) is 0 Å². The van der Waals surface area contributed by atoms with E-state index in [-0.39, 0.29) is 5.92 Å². The minimum Gasteiger partial charge on any atom is -0.480 e. The molecule has 1 aliphatic heterocycles. The smallest absolute Gasteiger partial charge is 0.324 e. The number of nitrogens with one attached hydrogen (secondary N) is 1. The van der Waals surface area contributed by atoms with E-state index in [9.17, 15) is 4.79 Å². The summed E-state index contributed by atoms with van der Waals surface area (Å²) < 4.78 is 0. The molecule has 0 unspecified atom stereocenters. The number of hydrogen-bond donors (Lipinski definition) is 3. The Morgan fingerprint density at radius 1 is 1.54 bits per heavy atom. The highest BCUT2D eigenvalue weighted by Gasteiger charge is 2.49. The van der Waals surface area contributed by atoms with Gasteiger partial charge in [-0.1, -0.05) is 6.42 Å². The highest BCUT2D eigenvalue weighted by Crippen LogP contribution is 2.38. The Hall–Kier alpha value is -0.610. The van der Waals surface area contributed by atoms with Crippen molar-refractivity contribution >= 4 is 5.97 Å². The molecule has 1 heterocycles. The number of aliphatic carboxylic acids is 1. The quantitative estimate of drug-likeness (QED) is 0.527. The number of rotatable bonds is 1. The number of hydrogen-bond acceptors (Lipinski definition) is 3. The summed E-state index contributed by atoms with van der Waals surface area (Å²) >= 11 is 0. The van der Waals surface area contributed by atoms with Crippen LogP contribution in [0.25, 0.3) is 0 Å². The number of fused-ring (bicyclic) bond motifs is 1. The Balaban J connectivity index is 2.22. The lowest BCUT2D eigenvalue weighted by atomic mass is 9.69. The molecule has 13 heavy (non-hydrogen) atoms. The SMILES string of the molecule is N[C@]1(C(=O)O)CCC[C@H]2CNC[C@H]21. The molecule has 0 aromatic carbocycles. The Bertz CT molecular complexity index is 232. The van der Waals surface area contributed by atoms with Crippen molar-refractivity contribution in [3.63, 3.8) is 0 Å². The van der Waals surface area contributed by atoms with Crippen molar-refractivity contribution in [1.82, 2.24) is 5.32 Å². The van der Waals surface area contributed by atoms with Gasteiger partial charge in [-0.05, 0) is 25.3 Å². The molecule has 0 aromatic rings. The van der Waals surface area contributed by atoms with Gasteiger partial charge in [0.2, 0.25) is 0 Å². The summed E-state index contributed by atoms with van der Waals surface area (Å²) in [5, 5.41) is 12.3. The minimum atomic E-state index is -0.966. The second kappa shape index (κ2) is 2.96. The molecule has 74 valence electrons. The van der Waals surface area contributed by atoms with E-state index < -0.39 is 11.5 Å². The fourth-order valence-electron chi connectivity index (χ4n) is 2.75. The molecule has 2 rings (SSSR count). The van der Waals surface area contributed by atoms with Crippen molar-refractivity contribution < 1.29 is 9.90 Å². The van der Waals surface area contributed by atoms with Crippen LogP contribution in [0, 0.1) is 11.8 Å². The van der Waals surface area contributed by atoms with Gasteiger partial charge >= 0.3 is 5.97 Å². The first-order valence-electron chi connectivity index (χ1n) is 4.87. The van der Waals surface area contributed by atoms with E-state index in [1.807, 2.05) is 0 Å². The van der Waals surface area contributed by atoms with Crippen molar-refractivity contribution in [2.75, 3.05) is 13.1 Å². The third-order valence-electron chi connectivity index (χ3n) is 3.57. The zero-order chi connectivity index (χ0) is 9.47. The molecule has 0 radical (unpaired) electrons. The first-order valence-corrected chi connectivity index (χ1v) is 4.87. The van der Waals surface area contributed by atoms with Gasteiger partial charge in [-0.25, -0.2) is 0 Å². The standard InChI is InChI=1S/C9H16N2O2/c10-9(8(12)13)3-1-2-6-4-11-5-7(6)9/h6-7,11H,1-5,10H2,(H,12,13)/t6-,7+,9+/m0/s1. The molecule has 4 nitrogen and oxygen atoms in total. The maximum absolute atomic E-state index is 11.1. The Morgan fingerprint density at radius 3 is 3.00 bits per heavy atom. The topological polar surface area (TPSA) is 75.4 Å². The Labute approximate surface area is 77.5 Å². The van der Waals surface area contributed by atoms with Crippen molar-refractivity contribution in [2.24, 2.45) is 17.6 Å². The van der Waals surface area contributed by atoms with Gasteiger partial charge in [-0.3, -0.25) is 4.79 Å². The van der Waals surface area contributed by atoms with E-state index >= 15 is 0 Å². The van der Waals surface area contributed by atoms with Crippen molar-refractivity contribution in [3.8, 4) is 0 Å². The average molecular weight is 184 g/mol. The molecule has 2 aliphatic rings. The summed E-state index contributed by atoms with van der Waals surface area (Å²) in [5.74, 6) is -0.209. The molecule has 3 atom stereocenters. The third kappa shape index (κ3) is 1.25. The molecule has 0 amide bonds. The first kappa shape index (κ1) is 8.97. The maximum atomic E-state index is 11.1. The van der Waals surface area contributed by atoms with E-state index in [1.165, 1.54) is 0 Å². The molecule has 0 bridgehead atoms. The minimum absolute atomic E-state index is 0.138. The maximum Gasteiger partial charge on any atom is 0.324 e. The number of carboxylic acids is 1. The van der Waals surface area contributed by atoms with Crippen molar-refractivity contribution in [2.45, 2.75) is 24.8 Å². The van der Waals surface area contributed by atoms with Crippen LogP contribution < -0.4 is 11.1 Å². The molecule has 1 saturated heterocycles. The molecule has 4 N–H and O–H groups in total. The van der Waals surface area contributed by atoms with Crippen LogP contribution >= 0.6 is 0 Å². The van der Waals surface area contributed by atoms with Crippen LogP contribution in [-0.4, -0.2) is 29.7 Å². The number of carbonyl (C=O) groups is 1. The molecule has 1 saturated carbocycles. The molecule has 2 fully saturated rings. The third-order valence-corrected chi connectivity index (χ3v) is 3.57. The summed E-state index contributed by atoms with van der Waals surface area (Å²) in [6.07, 6.45) is 2.71. The van der Waals surface area contributed by atoms with Crippen LogP contribution in [0.1, 0.15) is 19.3 Å². The molecule has 1 aliphatic carbocycles. The lowest BCUT2D eigenvalue weighted by Gasteiger charge is -2.38. The molecule has 0 spiro atoms. The normalized spacial score (nSPS) is 44.4. The predicted molar refractivity (Wildman–Crippen MR) is 48.3 cm³/mol. The largest absolute Gasteiger partial charge is 0.480 e. The Morgan fingerprint density at radius 2 is 2.31 bits per heavy atom. The second-order valence-electron chi connectivity index (χ2n) is 4.26. The summed E-state index contributed by atoms with van der Waals surface area (Å²) in [7, 11) is 0. The summed E-state index contributed by atoms with van der Waals surface area (Å²) in [4.78, 5) is 11.1.